The van der Waals surface area contributed by atoms with Gasteiger partial charge in [-0.05, 0) is 37.6 Å². The number of ether oxygens (including phenoxy) is 1. The summed E-state index contributed by atoms with van der Waals surface area (Å²) in [5.41, 5.74) is 12.8. The first-order chi connectivity index (χ1) is 12.4. The largest absolute Gasteiger partial charge is 0.489 e. The molecule has 7 nitrogen and oxygen atoms in total. The van der Waals surface area contributed by atoms with Crippen molar-refractivity contribution in [2.45, 2.75) is 44.3 Å². The molecule has 3 rings (SSSR count). The van der Waals surface area contributed by atoms with Crippen LogP contribution >= 0.6 is 11.6 Å². The van der Waals surface area contributed by atoms with E-state index in [0.717, 1.165) is 5.56 Å². The van der Waals surface area contributed by atoms with Gasteiger partial charge in [0.15, 0.2) is 0 Å². The van der Waals surface area contributed by atoms with Crippen molar-refractivity contribution in [2.24, 2.45) is 11.8 Å². The van der Waals surface area contributed by atoms with E-state index in [1.165, 1.54) is 0 Å². The van der Waals surface area contributed by atoms with Gasteiger partial charge in [-0.1, -0.05) is 24.3 Å². The Bertz CT molecular complexity index is 603. The van der Waals surface area contributed by atoms with Gasteiger partial charge in [-0.25, -0.2) is 10.9 Å². The molecule has 1 aromatic carbocycles. The second kappa shape index (κ2) is 8.22. The zero-order valence-corrected chi connectivity index (χ0v) is 15.7. The predicted octanol–water partition coefficient (Wildman–Crippen LogP) is 0.850. The van der Waals surface area contributed by atoms with E-state index in [1.54, 1.807) is 12.1 Å². The van der Waals surface area contributed by atoms with Crippen LogP contribution in [0, 0.1) is 11.8 Å². The lowest BCUT2D eigenvalue weighted by atomic mass is 9.71. The third kappa shape index (κ3) is 3.75. The molecule has 8 heteroatoms. The van der Waals surface area contributed by atoms with E-state index in [4.69, 9.17) is 16.3 Å². The van der Waals surface area contributed by atoms with E-state index in [0.29, 0.717) is 17.4 Å². The van der Waals surface area contributed by atoms with Crippen LogP contribution < -0.4 is 26.4 Å². The Hall–Kier alpha value is -1.19. The molecule has 0 aliphatic carbocycles. The highest BCUT2D eigenvalue weighted by Gasteiger charge is 2.48. The molecular weight excluding hydrogens is 356 g/mol. The maximum Gasteiger partial charge on any atom is 0.123 e. The SMILES string of the molecule is C=CCOc1ccc(Cl)cc1C(C1C(C)NNC1O)C1C(C)NNC1O. The fourth-order valence-corrected chi connectivity index (χ4v) is 4.29. The summed E-state index contributed by atoms with van der Waals surface area (Å²) in [6.45, 7) is 8.07. The topological polar surface area (TPSA) is 97.8 Å². The molecule has 0 bridgehead atoms. The van der Waals surface area contributed by atoms with E-state index < -0.39 is 12.5 Å². The molecule has 26 heavy (non-hydrogen) atoms. The maximum atomic E-state index is 10.6. The molecule has 2 aliphatic heterocycles. The first kappa shape index (κ1) is 19.6. The summed E-state index contributed by atoms with van der Waals surface area (Å²) in [6.07, 6.45) is 0.155. The Morgan fingerprint density at radius 1 is 1.12 bits per heavy atom. The lowest BCUT2D eigenvalue weighted by Gasteiger charge is -2.36. The van der Waals surface area contributed by atoms with Crippen molar-refractivity contribution in [2.75, 3.05) is 6.61 Å². The molecule has 6 unspecified atom stereocenters. The molecule has 144 valence electrons. The van der Waals surface area contributed by atoms with Crippen LogP contribution in [0.3, 0.4) is 0 Å². The Kier molecular flexibility index (Phi) is 6.19. The van der Waals surface area contributed by atoms with Gasteiger partial charge in [-0.15, -0.1) is 0 Å². The van der Waals surface area contributed by atoms with Crippen LogP contribution in [-0.2, 0) is 0 Å². The van der Waals surface area contributed by atoms with Crippen molar-refractivity contribution in [3.05, 3.63) is 41.4 Å². The number of halogens is 1. The number of nitrogens with one attached hydrogen (secondary N) is 4. The summed E-state index contributed by atoms with van der Waals surface area (Å²) in [6, 6.07) is 5.44. The van der Waals surface area contributed by atoms with Crippen LogP contribution in [0.25, 0.3) is 0 Å². The van der Waals surface area contributed by atoms with Crippen LogP contribution in [0.5, 0.6) is 5.75 Å². The van der Waals surface area contributed by atoms with Crippen molar-refractivity contribution in [1.29, 1.82) is 0 Å². The number of hydrazine groups is 2. The number of rotatable bonds is 6. The zero-order chi connectivity index (χ0) is 18.8. The molecule has 0 amide bonds. The molecule has 0 radical (unpaired) electrons. The molecule has 0 saturated carbocycles. The number of benzene rings is 1. The lowest BCUT2D eigenvalue weighted by Crippen LogP contribution is -2.41. The van der Waals surface area contributed by atoms with Gasteiger partial charge in [-0.2, -0.15) is 0 Å². The summed E-state index contributed by atoms with van der Waals surface area (Å²) < 4.78 is 5.86. The molecule has 1 aromatic rings. The van der Waals surface area contributed by atoms with Gasteiger partial charge < -0.3 is 14.9 Å². The summed E-state index contributed by atoms with van der Waals surface area (Å²) in [5.74, 6) is 0.0807. The lowest BCUT2D eigenvalue weighted by molar-refractivity contribution is 0.0390. The standard InChI is InChI=1S/C18H27ClN4O3/c1-4-7-26-13-6-5-11(19)8-12(13)16(14-9(2)20-22-17(14)24)15-10(3)21-23-18(15)25/h4-6,8-10,14-18,20-25H,1,7H2,2-3H3. The van der Waals surface area contributed by atoms with Crippen LogP contribution in [0.2, 0.25) is 5.02 Å². The van der Waals surface area contributed by atoms with Crippen molar-refractivity contribution >= 4 is 11.6 Å². The van der Waals surface area contributed by atoms with E-state index in [9.17, 15) is 10.2 Å². The minimum Gasteiger partial charge on any atom is -0.489 e. The smallest absolute Gasteiger partial charge is 0.123 e. The molecule has 2 heterocycles. The average Bonchev–Trinajstić information content (AvgIpc) is 3.11. The van der Waals surface area contributed by atoms with Gasteiger partial charge >= 0.3 is 0 Å². The van der Waals surface area contributed by atoms with Gasteiger partial charge in [-0.3, -0.25) is 10.9 Å². The van der Waals surface area contributed by atoms with Crippen molar-refractivity contribution < 1.29 is 14.9 Å². The molecule has 6 atom stereocenters. The van der Waals surface area contributed by atoms with E-state index in [-0.39, 0.29) is 29.8 Å². The number of aliphatic hydroxyl groups excluding tert-OH is 2. The van der Waals surface area contributed by atoms with E-state index >= 15 is 0 Å². The van der Waals surface area contributed by atoms with Crippen LogP contribution in [-0.4, -0.2) is 41.4 Å². The van der Waals surface area contributed by atoms with Gasteiger partial charge in [0.25, 0.3) is 0 Å². The Balaban J connectivity index is 2.09. The van der Waals surface area contributed by atoms with Crippen molar-refractivity contribution in [3.63, 3.8) is 0 Å². The quantitative estimate of drug-likeness (QED) is 0.406. The van der Waals surface area contributed by atoms with Gasteiger partial charge in [0.1, 0.15) is 24.8 Å². The summed E-state index contributed by atoms with van der Waals surface area (Å²) in [5, 5.41) is 21.7. The van der Waals surface area contributed by atoms with Crippen LogP contribution in [0.1, 0.15) is 25.3 Å². The van der Waals surface area contributed by atoms with Crippen molar-refractivity contribution in [3.8, 4) is 5.75 Å². The highest BCUT2D eigenvalue weighted by atomic mass is 35.5. The summed E-state index contributed by atoms with van der Waals surface area (Å²) >= 11 is 6.29. The Morgan fingerprint density at radius 3 is 2.15 bits per heavy atom. The molecule has 2 fully saturated rings. The third-order valence-electron chi connectivity index (χ3n) is 5.32. The normalized spacial score (nSPS) is 35.4. The molecule has 0 aromatic heterocycles. The molecular formula is C18H27ClN4O3. The fraction of sp³-hybridized carbons (Fsp3) is 0.556. The number of aliphatic hydroxyl groups is 2. The Morgan fingerprint density at radius 2 is 1.69 bits per heavy atom. The molecule has 6 N–H and O–H groups in total. The first-order valence-electron chi connectivity index (χ1n) is 8.85. The monoisotopic (exact) mass is 382 g/mol. The minimum atomic E-state index is -0.763. The molecule has 0 spiro atoms. The fourth-order valence-electron chi connectivity index (χ4n) is 4.11. The highest BCUT2D eigenvalue weighted by molar-refractivity contribution is 6.30. The second-order valence-electron chi connectivity index (χ2n) is 7.01. The maximum absolute atomic E-state index is 10.6. The first-order valence-corrected chi connectivity index (χ1v) is 9.23. The van der Waals surface area contributed by atoms with Gasteiger partial charge in [0, 0.05) is 34.9 Å². The van der Waals surface area contributed by atoms with Crippen LogP contribution in [0.4, 0.5) is 0 Å². The van der Waals surface area contributed by atoms with Crippen LogP contribution in [0.15, 0.2) is 30.9 Å². The Labute approximate surface area is 158 Å². The highest BCUT2D eigenvalue weighted by Crippen LogP contribution is 2.45. The number of hydrogen-bond acceptors (Lipinski definition) is 7. The number of hydrogen-bond donors (Lipinski definition) is 6. The molecule has 2 saturated heterocycles. The van der Waals surface area contributed by atoms with Gasteiger partial charge in [0.2, 0.25) is 0 Å². The van der Waals surface area contributed by atoms with E-state index in [1.807, 2.05) is 26.0 Å². The van der Waals surface area contributed by atoms with E-state index in [2.05, 4.69) is 28.3 Å². The van der Waals surface area contributed by atoms with Crippen molar-refractivity contribution in [1.82, 2.24) is 21.7 Å². The average molecular weight is 383 g/mol. The predicted molar refractivity (Wildman–Crippen MR) is 100 cm³/mol. The third-order valence-corrected chi connectivity index (χ3v) is 5.55. The van der Waals surface area contributed by atoms with Gasteiger partial charge in [0.05, 0.1) is 0 Å². The summed E-state index contributed by atoms with van der Waals surface area (Å²) in [4.78, 5) is 0. The second-order valence-corrected chi connectivity index (χ2v) is 7.44. The minimum absolute atomic E-state index is 0.0127. The zero-order valence-electron chi connectivity index (χ0n) is 14.9. The summed E-state index contributed by atoms with van der Waals surface area (Å²) in [7, 11) is 0. The molecule has 2 aliphatic rings.